The van der Waals surface area contributed by atoms with Crippen molar-refractivity contribution in [2.45, 2.75) is 32.2 Å². The number of rotatable bonds is 1. The number of piperidine rings is 1. The van der Waals surface area contributed by atoms with E-state index in [1.54, 1.807) is 0 Å². The summed E-state index contributed by atoms with van der Waals surface area (Å²) in [7, 11) is 0. The summed E-state index contributed by atoms with van der Waals surface area (Å²) < 4.78 is 1.29. The van der Waals surface area contributed by atoms with E-state index < -0.39 is 0 Å². The predicted octanol–water partition coefficient (Wildman–Crippen LogP) is 4.06. The minimum absolute atomic E-state index is 0. The predicted molar refractivity (Wildman–Crippen MR) is 68.6 cm³/mol. The Hall–Kier alpha value is 0.430. The Balaban J connectivity index is 0.000000980. The maximum Gasteiger partial charge on any atom is 0.0731 e. The molecule has 80 valence electrons. The van der Waals surface area contributed by atoms with Crippen LogP contribution < -0.4 is 5.32 Å². The third-order valence-electron chi connectivity index (χ3n) is 2.53. The molecule has 0 radical (unpaired) electrons. The van der Waals surface area contributed by atoms with Gasteiger partial charge in [-0.3, -0.25) is 0 Å². The topological polar surface area (TPSA) is 12.0 Å². The Labute approximate surface area is 104 Å². The molecule has 0 unspecified atom stereocenters. The van der Waals surface area contributed by atoms with Crippen LogP contribution in [0.25, 0.3) is 0 Å². The number of hydrogen-bond donors (Lipinski definition) is 1. The summed E-state index contributed by atoms with van der Waals surface area (Å²) in [6.07, 6.45) is 4.00. The molecule has 1 atom stereocenters. The molecule has 1 N–H and O–H groups in total. The van der Waals surface area contributed by atoms with Gasteiger partial charge in [-0.2, -0.15) is 0 Å². The standard InChI is InChI=1S/C10H14BrNS.ClH/c1-7-6-9(13-10(7)11)8-4-2-3-5-12-8;/h6,8,12H,2-5H2,1H3;1H/t8-;/m1./s1. The number of aryl methyl sites for hydroxylation is 1. The molecule has 1 fully saturated rings. The zero-order chi connectivity index (χ0) is 9.26. The molecule has 1 aliphatic rings. The van der Waals surface area contributed by atoms with E-state index in [-0.39, 0.29) is 12.4 Å². The minimum Gasteiger partial charge on any atom is -0.309 e. The van der Waals surface area contributed by atoms with Gasteiger partial charge in [0.15, 0.2) is 0 Å². The fraction of sp³-hybridized carbons (Fsp3) is 0.600. The van der Waals surface area contributed by atoms with Gasteiger partial charge < -0.3 is 5.32 Å². The zero-order valence-electron chi connectivity index (χ0n) is 8.18. The highest BCUT2D eigenvalue weighted by Crippen LogP contribution is 2.34. The van der Waals surface area contributed by atoms with Crippen LogP contribution in [0.1, 0.15) is 35.7 Å². The smallest absolute Gasteiger partial charge is 0.0731 e. The summed E-state index contributed by atoms with van der Waals surface area (Å²) in [5.41, 5.74) is 1.37. The molecule has 0 aromatic carbocycles. The number of nitrogens with one attached hydrogen (secondary N) is 1. The molecule has 0 amide bonds. The van der Waals surface area contributed by atoms with Crippen LogP contribution in [0, 0.1) is 6.92 Å². The summed E-state index contributed by atoms with van der Waals surface area (Å²) in [4.78, 5) is 1.49. The molecular weight excluding hydrogens is 282 g/mol. The maximum atomic E-state index is 3.57. The first-order chi connectivity index (χ1) is 6.27. The van der Waals surface area contributed by atoms with Gasteiger partial charge in [-0.1, -0.05) is 6.42 Å². The van der Waals surface area contributed by atoms with Crippen LogP contribution >= 0.6 is 39.7 Å². The van der Waals surface area contributed by atoms with E-state index in [2.05, 4.69) is 34.2 Å². The highest BCUT2D eigenvalue weighted by Gasteiger charge is 2.17. The van der Waals surface area contributed by atoms with Crippen molar-refractivity contribution in [1.82, 2.24) is 5.32 Å². The SMILES string of the molecule is Cc1cc([C@H]2CCCCN2)sc1Br.Cl. The fourth-order valence-electron chi connectivity index (χ4n) is 1.75. The lowest BCUT2D eigenvalue weighted by molar-refractivity contribution is 0.417. The normalized spacial score (nSPS) is 21.7. The van der Waals surface area contributed by atoms with E-state index in [4.69, 9.17) is 0 Å². The third kappa shape index (κ3) is 2.72. The molecule has 1 aliphatic heterocycles. The van der Waals surface area contributed by atoms with Crippen molar-refractivity contribution in [3.05, 3.63) is 20.3 Å². The fourth-order valence-corrected chi connectivity index (χ4v) is 3.43. The monoisotopic (exact) mass is 295 g/mol. The summed E-state index contributed by atoms with van der Waals surface area (Å²) in [6, 6.07) is 2.92. The Morgan fingerprint density at radius 1 is 1.50 bits per heavy atom. The van der Waals surface area contributed by atoms with E-state index >= 15 is 0 Å². The van der Waals surface area contributed by atoms with Crippen molar-refractivity contribution in [3.8, 4) is 0 Å². The highest BCUT2D eigenvalue weighted by atomic mass is 79.9. The van der Waals surface area contributed by atoms with Crippen LogP contribution in [0.2, 0.25) is 0 Å². The highest BCUT2D eigenvalue weighted by molar-refractivity contribution is 9.11. The molecule has 2 heterocycles. The van der Waals surface area contributed by atoms with Crippen LogP contribution in [0.5, 0.6) is 0 Å². The minimum atomic E-state index is 0. The summed E-state index contributed by atoms with van der Waals surface area (Å²) in [6.45, 7) is 3.34. The van der Waals surface area contributed by atoms with E-state index in [1.165, 1.54) is 40.0 Å². The van der Waals surface area contributed by atoms with Gasteiger partial charge in [0.1, 0.15) is 0 Å². The Morgan fingerprint density at radius 3 is 2.79 bits per heavy atom. The molecule has 1 aromatic rings. The van der Waals surface area contributed by atoms with E-state index in [0.29, 0.717) is 6.04 Å². The van der Waals surface area contributed by atoms with Gasteiger partial charge in [-0.05, 0) is 53.9 Å². The molecular formula is C10H15BrClNS. The Kier molecular flexibility index (Phi) is 4.91. The lowest BCUT2D eigenvalue weighted by Crippen LogP contribution is -2.25. The van der Waals surface area contributed by atoms with Gasteiger partial charge in [0, 0.05) is 10.9 Å². The molecule has 0 spiro atoms. The third-order valence-corrected chi connectivity index (χ3v) is 4.78. The number of thiophene rings is 1. The van der Waals surface area contributed by atoms with E-state index in [0.717, 1.165) is 0 Å². The molecule has 0 aliphatic carbocycles. The van der Waals surface area contributed by atoms with Gasteiger partial charge in [-0.25, -0.2) is 0 Å². The van der Waals surface area contributed by atoms with Crippen molar-refractivity contribution in [2.75, 3.05) is 6.54 Å². The molecule has 2 rings (SSSR count). The second kappa shape index (κ2) is 5.50. The first-order valence-corrected chi connectivity index (χ1v) is 6.37. The van der Waals surface area contributed by atoms with Gasteiger partial charge in [0.25, 0.3) is 0 Å². The molecule has 4 heteroatoms. The number of hydrogen-bond acceptors (Lipinski definition) is 2. The van der Waals surface area contributed by atoms with Crippen molar-refractivity contribution < 1.29 is 0 Å². The molecule has 0 bridgehead atoms. The zero-order valence-corrected chi connectivity index (χ0v) is 11.4. The van der Waals surface area contributed by atoms with Gasteiger partial charge in [-0.15, -0.1) is 23.7 Å². The van der Waals surface area contributed by atoms with Crippen LogP contribution in [-0.4, -0.2) is 6.54 Å². The van der Waals surface area contributed by atoms with Crippen LogP contribution in [-0.2, 0) is 0 Å². The summed E-state index contributed by atoms with van der Waals surface area (Å²) in [5.74, 6) is 0. The second-order valence-electron chi connectivity index (χ2n) is 3.61. The van der Waals surface area contributed by atoms with Crippen molar-refractivity contribution in [2.24, 2.45) is 0 Å². The molecule has 1 aromatic heterocycles. The molecule has 1 saturated heterocycles. The second-order valence-corrected chi connectivity index (χ2v) is 6.01. The van der Waals surface area contributed by atoms with E-state index in [1.807, 2.05) is 11.3 Å². The van der Waals surface area contributed by atoms with Crippen molar-refractivity contribution in [3.63, 3.8) is 0 Å². The van der Waals surface area contributed by atoms with Gasteiger partial charge >= 0.3 is 0 Å². The Bertz CT molecular complexity index is 275. The van der Waals surface area contributed by atoms with Crippen molar-refractivity contribution >= 4 is 39.7 Å². The average Bonchev–Trinajstić information content (AvgIpc) is 2.49. The molecule has 14 heavy (non-hydrogen) atoms. The lowest BCUT2D eigenvalue weighted by Gasteiger charge is -2.22. The van der Waals surface area contributed by atoms with Crippen molar-refractivity contribution in [1.29, 1.82) is 0 Å². The summed E-state index contributed by atoms with van der Waals surface area (Å²) in [5, 5.41) is 3.57. The largest absolute Gasteiger partial charge is 0.309 e. The van der Waals surface area contributed by atoms with Crippen LogP contribution in [0.15, 0.2) is 9.85 Å². The van der Waals surface area contributed by atoms with Crippen LogP contribution in [0.3, 0.4) is 0 Å². The Morgan fingerprint density at radius 2 is 2.29 bits per heavy atom. The lowest BCUT2D eigenvalue weighted by atomic mass is 10.0. The first-order valence-electron chi connectivity index (χ1n) is 4.76. The average molecular weight is 297 g/mol. The first kappa shape index (κ1) is 12.5. The van der Waals surface area contributed by atoms with Crippen LogP contribution in [0.4, 0.5) is 0 Å². The molecule has 1 nitrogen and oxygen atoms in total. The quantitative estimate of drug-likeness (QED) is 0.824. The number of halogens is 2. The van der Waals surface area contributed by atoms with Gasteiger partial charge in [0.2, 0.25) is 0 Å². The van der Waals surface area contributed by atoms with Gasteiger partial charge in [0.05, 0.1) is 3.79 Å². The molecule has 0 saturated carbocycles. The maximum absolute atomic E-state index is 3.57. The van der Waals surface area contributed by atoms with E-state index in [9.17, 15) is 0 Å². The summed E-state index contributed by atoms with van der Waals surface area (Å²) >= 11 is 5.45.